The number of hydrogen-bond donors (Lipinski definition) is 1. The van der Waals surface area contributed by atoms with Gasteiger partial charge in [0.15, 0.2) is 0 Å². The van der Waals surface area contributed by atoms with Crippen LogP contribution in [-0.2, 0) is 6.54 Å². The van der Waals surface area contributed by atoms with Crippen LogP contribution in [0, 0.1) is 0 Å². The second-order valence-corrected chi connectivity index (χ2v) is 3.96. The number of hydrogen-bond acceptors (Lipinski definition) is 5. The largest absolute Gasteiger partial charge is 0.329 e. The second kappa shape index (κ2) is 6.23. The molecule has 0 aliphatic carbocycles. The Morgan fingerprint density at radius 3 is 3.07 bits per heavy atom. The van der Waals surface area contributed by atoms with E-state index in [1.807, 2.05) is 0 Å². The number of thioether (sulfide) groups is 1. The molecule has 78 valence electrons. The zero-order valence-electron chi connectivity index (χ0n) is 7.23. The second-order valence-electron chi connectivity index (χ2n) is 2.32. The van der Waals surface area contributed by atoms with Gasteiger partial charge in [0.25, 0.3) is 0 Å². The van der Waals surface area contributed by atoms with E-state index < -0.39 is 0 Å². The molecule has 0 aliphatic heterocycles. The highest BCUT2D eigenvalue weighted by Crippen LogP contribution is 2.19. The molecule has 0 aromatic carbocycles. The summed E-state index contributed by atoms with van der Waals surface area (Å²) in [6.07, 6.45) is 0. The maximum Gasteiger partial charge on any atom is 0.209 e. The van der Waals surface area contributed by atoms with Gasteiger partial charge >= 0.3 is 0 Å². The normalized spacial score (nSPS) is 12.1. The van der Waals surface area contributed by atoms with Crippen molar-refractivity contribution in [2.75, 3.05) is 12.3 Å². The Morgan fingerprint density at radius 2 is 2.43 bits per heavy atom. The molecule has 1 rings (SSSR count). The fourth-order valence-electron chi connectivity index (χ4n) is 0.727. The zero-order chi connectivity index (χ0) is 10.4. The molecule has 1 heterocycles. The minimum atomic E-state index is 0.498. The molecule has 0 fully saturated rings. The van der Waals surface area contributed by atoms with Crippen LogP contribution in [0.4, 0.5) is 0 Å². The van der Waals surface area contributed by atoms with Crippen LogP contribution in [0.25, 0.3) is 0 Å². The van der Waals surface area contributed by atoms with Crippen molar-refractivity contribution in [1.82, 2.24) is 20.2 Å². The van der Waals surface area contributed by atoms with Gasteiger partial charge in [-0.15, -0.1) is 5.10 Å². The van der Waals surface area contributed by atoms with Crippen LogP contribution >= 0.6 is 35.0 Å². The smallest absolute Gasteiger partial charge is 0.209 e. The predicted octanol–water partition coefficient (Wildman–Crippen LogP) is 1.04. The molecule has 1 aromatic heterocycles. The quantitative estimate of drug-likeness (QED) is 0.795. The average molecular weight is 254 g/mol. The Kier molecular flexibility index (Phi) is 5.24. The summed E-state index contributed by atoms with van der Waals surface area (Å²) >= 11 is 12.5. The topological polar surface area (TPSA) is 69.6 Å². The zero-order valence-corrected chi connectivity index (χ0v) is 9.56. The Balaban J connectivity index is 2.53. The van der Waals surface area contributed by atoms with E-state index in [1.54, 1.807) is 4.68 Å². The third-order valence-corrected chi connectivity index (χ3v) is 3.08. The molecule has 0 atom stereocenters. The van der Waals surface area contributed by atoms with Gasteiger partial charge in [-0.25, -0.2) is 4.68 Å². The molecule has 14 heavy (non-hydrogen) atoms. The van der Waals surface area contributed by atoms with Crippen molar-refractivity contribution in [1.29, 1.82) is 0 Å². The van der Waals surface area contributed by atoms with Gasteiger partial charge in [-0.3, -0.25) is 0 Å². The number of aromatic nitrogens is 4. The number of halogens is 2. The minimum absolute atomic E-state index is 0.498. The summed E-state index contributed by atoms with van der Waals surface area (Å²) in [6.45, 7) is 1.09. The SMILES string of the molecule is NCCn1nnnc1SCC(Cl)=CCl. The lowest BCUT2D eigenvalue weighted by molar-refractivity contribution is 0.557. The Bertz CT molecular complexity index is 313. The van der Waals surface area contributed by atoms with Crippen molar-refractivity contribution < 1.29 is 0 Å². The van der Waals surface area contributed by atoms with E-state index >= 15 is 0 Å². The highest BCUT2D eigenvalue weighted by molar-refractivity contribution is 7.99. The maximum atomic E-state index is 5.72. The highest BCUT2D eigenvalue weighted by atomic mass is 35.5. The van der Waals surface area contributed by atoms with Gasteiger partial charge in [-0.2, -0.15) is 0 Å². The summed E-state index contributed by atoms with van der Waals surface area (Å²) in [6, 6.07) is 0. The van der Waals surface area contributed by atoms with Gasteiger partial charge in [0.2, 0.25) is 5.16 Å². The number of rotatable bonds is 5. The van der Waals surface area contributed by atoms with Crippen molar-refractivity contribution in [2.24, 2.45) is 5.73 Å². The maximum absolute atomic E-state index is 5.72. The van der Waals surface area contributed by atoms with E-state index in [9.17, 15) is 0 Å². The molecule has 8 heteroatoms. The molecule has 0 aliphatic rings. The lowest BCUT2D eigenvalue weighted by Crippen LogP contribution is -2.12. The lowest BCUT2D eigenvalue weighted by atomic mass is 10.7. The first kappa shape index (κ1) is 11.8. The predicted molar refractivity (Wildman–Crippen MR) is 57.4 cm³/mol. The molecule has 0 saturated carbocycles. The Labute approximate surface area is 95.6 Å². The molecule has 0 saturated heterocycles. The number of nitrogens with zero attached hydrogens (tertiary/aromatic N) is 4. The van der Waals surface area contributed by atoms with E-state index in [0.29, 0.717) is 29.0 Å². The lowest BCUT2D eigenvalue weighted by Gasteiger charge is -2.00. The molecular weight excluding hydrogens is 245 g/mol. The van der Waals surface area contributed by atoms with Crippen molar-refractivity contribution in [3.8, 4) is 0 Å². The molecule has 1 aromatic rings. The molecule has 5 nitrogen and oxygen atoms in total. The molecule has 2 N–H and O–H groups in total. The van der Waals surface area contributed by atoms with E-state index in [-0.39, 0.29) is 0 Å². The monoisotopic (exact) mass is 253 g/mol. The van der Waals surface area contributed by atoms with E-state index in [2.05, 4.69) is 15.5 Å². The fraction of sp³-hybridized carbons (Fsp3) is 0.500. The van der Waals surface area contributed by atoms with Gasteiger partial charge in [0.05, 0.1) is 6.54 Å². The molecular formula is C6H9Cl2N5S. The van der Waals surface area contributed by atoms with Gasteiger partial charge in [0, 0.05) is 22.9 Å². The fourth-order valence-corrected chi connectivity index (χ4v) is 1.78. The van der Waals surface area contributed by atoms with Gasteiger partial charge in [-0.1, -0.05) is 35.0 Å². The van der Waals surface area contributed by atoms with Gasteiger partial charge < -0.3 is 5.73 Å². The van der Waals surface area contributed by atoms with Crippen LogP contribution in [0.1, 0.15) is 0 Å². The summed E-state index contributed by atoms with van der Waals surface area (Å²) in [5, 5.41) is 12.4. The van der Waals surface area contributed by atoms with Crippen LogP contribution in [0.5, 0.6) is 0 Å². The Morgan fingerprint density at radius 1 is 1.64 bits per heavy atom. The van der Waals surface area contributed by atoms with Crippen molar-refractivity contribution in [3.05, 3.63) is 10.6 Å². The van der Waals surface area contributed by atoms with E-state index in [0.717, 1.165) is 0 Å². The summed E-state index contributed by atoms with van der Waals surface area (Å²) in [4.78, 5) is 0. The standard InChI is InChI=1S/C6H9Cl2N5S/c7-3-5(8)4-14-6-10-11-12-13(6)2-1-9/h3H,1-2,4,9H2. The molecule has 0 spiro atoms. The minimum Gasteiger partial charge on any atom is -0.329 e. The van der Waals surface area contributed by atoms with Crippen LogP contribution in [0.2, 0.25) is 0 Å². The third-order valence-electron chi connectivity index (χ3n) is 1.30. The first-order chi connectivity index (χ1) is 6.77. The third kappa shape index (κ3) is 3.45. The van der Waals surface area contributed by atoms with Gasteiger partial charge in [0.1, 0.15) is 0 Å². The first-order valence-corrected chi connectivity index (χ1v) is 5.61. The molecule has 0 amide bonds. The summed E-state index contributed by atoms with van der Waals surface area (Å²) in [7, 11) is 0. The van der Waals surface area contributed by atoms with Crippen LogP contribution < -0.4 is 5.73 Å². The number of nitrogens with two attached hydrogens (primary N) is 1. The van der Waals surface area contributed by atoms with Crippen molar-refractivity contribution in [2.45, 2.75) is 11.7 Å². The average Bonchev–Trinajstić information content (AvgIpc) is 2.62. The van der Waals surface area contributed by atoms with Crippen molar-refractivity contribution in [3.63, 3.8) is 0 Å². The van der Waals surface area contributed by atoms with Gasteiger partial charge in [-0.05, 0) is 10.4 Å². The molecule has 0 bridgehead atoms. The van der Waals surface area contributed by atoms with E-state index in [4.69, 9.17) is 28.9 Å². The number of tetrazole rings is 1. The van der Waals surface area contributed by atoms with Crippen LogP contribution in [0.15, 0.2) is 15.7 Å². The summed E-state index contributed by atoms with van der Waals surface area (Å²) < 4.78 is 1.63. The van der Waals surface area contributed by atoms with E-state index in [1.165, 1.54) is 17.3 Å². The highest BCUT2D eigenvalue weighted by Gasteiger charge is 2.06. The van der Waals surface area contributed by atoms with Crippen LogP contribution in [-0.4, -0.2) is 32.5 Å². The molecule has 0 unspecified atom stereocenters. The molecule has 0 radical (unpaired) electrons. The Hall–Kier alpha value is -0.300. The van der Waals surface area contributed by atoms with Crippen LogP contribution in [0.3, 0.4) is 0 Å². The van der Waals surface area contributed by atoms with Crippen molar-refractivity contribution >= 4 is 35.0 Å². The summed E-state index contributed by atoms with van der Waals surface area (Å²) in [5.41, 5.74) is 6.71. The summed E-state index contributed by atoms with van der Waals surface area (Å²) in [5.74, 6) is 0.552. The first-order valence-electron chi connectivity index (χ1n) is 3.81.